The van der Waals surface area contributed by atoms with E-state index in [0.717, 1.165) is 6.42 Å². The van der Waals surface area contributed by atoms with Crippen LogP contribution in [0.15, 0.2) is 24.3 Å². The Hall–Kier alpha value is -2.24. The molecule has 6 nitrogen and oxygen atoms in total. The van der Waals surface area contributed by atoms with E-state index in [2.05, 4.69) is 10.6 Å². The van der Waals surface area contributed by atoms with E-state index in [1.165, 1.54) is 7.11 Å². The second kappa shape index (κ2) is 7.97. The largest absolute Gasteiger partial charge is 0.493 e. The topological polar surface area (TPSA) is 76.7 Å². The Kier molecular flexibility index (Phi) is 6.21. The zero-order valence-electron chi connectivity index (χ0n) is 11.1. The lowest BCUT2D eigenvalue weighted by Gasteiger charge is -2.09. The van der Waals surface area contributed by atoms with Crippen LogP contribution >= 0.6 is 0 Å². The summed E-state index contributed by atoms with van der Waals surface area (Å²) < 4.78 is 10.1. The van der Waals surface area contributed by atoms with E-state index >= 15 is 0 Å². The molecule has 0 radical (unpaired) electrons. The Morgan fingerprint density at radius 2 is 1.84 bits per heavy atom. The van der Waals surface area contributed by atoms with Crippen molar-refractivity contribution in [2.75, 3.05) is 20.2 Å². The molecule has 104 valence electrons. The fourth-order valence-electron chi connectivity index (χ4n) is 1.32. The minimum atomic E-state index is -0.559. The molecule has 0 aliphatic carbocycles. The van der Waals surface area contributed by atoms with Crippen LogP contribution in [-0.4, -0.2) is 32.2 Å². The minimum Gasteiger partial charge on any atom is -0.493 e. The number of para-hydroxylation sites is 2. The molecule has 0 aliphatic heterocycles. The van der Waals surface area contributed by atoms with Crippen LogP contribution in [0.5, 0.6) is 11.5 Å². The van der Waals surface area contributed by atoms with Crippen molar-refractivity contribution in [3.8, 4) is 11.5 Å². The molecule has 0 aliphatic rings. The lowest BCUT2D eigenvalue weighted by atomic mass is 10.3. The predicted octanol–water partition coefficient (Wildman–Crippen LogP) is 1.31. The average molecular weight is 266 g/mol. The quantitative estimate of drug-likeness (QED) is 0.601. The Morgan fingerprint density at radius 3 is 2.47 bits per heavy atom. The molecule has 0 unspecified atom stereocenters. The van der Waals surface area contributed by atoms with Gasteiger partial charge in [-0.25, -0.2) is 9.59 Å². The zero-order chi connectivity index (χ0) is 14.1. The molecule has 0 saturated heterocycles. The number of methoxy groups -OCH3 is 1. The summed E-state index contributed by atoms with van der Waals surface area (Å²) in [4.78, 5) is 22.8. The number of urea groups is 1. The van der Waals surface area contributed by atoms with E-state index < -0.39 is 5.97 Å². The number of amides is 2. The van der Waals surface area contributed by atoms with Gasteiger partial charge in [0.05, 0.1) is 7.11 Å². The summed E-state index contributed by atoms with van der Waals surface area (Å²) in [6.07, 6.45) is 0.832. The third kappa shape index (κ3) is 5.29. The summed E-state index contributed by atoms with van der Waals surface area (Å²) in [7, 11) is 1.49. The number of carbonyl (C=O) groups is 2. The first kappa shape index (κ1) is 14.8. The molecule has 1 aromatic carbocycles. The van der Waals surface area contributed by atoms with Gasteiger partial charge in [-0.15, -0.1) is 0 Å². The number of rotatable bonds is 6. The smallest absolute Gasteiger partial charge is 0.331 e. The van der Waals surface area contributed by atoms with E-state index in [1.807, 2.05) is 6.92 Å². The lowest BCUT2D eigenvalue weighted by molar-refractivity contribution is -0.133. The minimum absolute atomic E-state index is 0.201. The van der Waals surface area contributed by atoms with Gasteiger partial charge in [0.25, 0.3) is 0 Å². The van der Waals surface area contributed by atoms with Gasteiger partial charge in [0.1, 0.15) is 6.54 Å². The highest BCUT2D eigenvalue weighted by Gasteiger charge is 2.10. The van der Waals surface area contributed by atoms with E-state index in [1.54, 1.807) is 24.3 Å². The van der Waals surface area contributed by atoms with Gasteiger partial charge in [0.2, 0.25) is 0 Å². The maximum atomic E-state index is 11.5. The van der Waals surface area contributed by atoms with Crippen molar-refractivity contribution in [2.24, 2.45) is 0 Å². The molecule has 0 fully saturated rings. The summed E-state index contributed by atoms with van der Waals surface area (Å²) in [5, 5.41) is 5.00. The molecule has 0 heterocycles. The Bertz CT molecular complexity index is 434. The summed E-state index contributed by atoms with van der Waals surface area (Å²) >= 11 is 0. The van der Waals surface area contributed by atoms with Crippen LogP contribution in [0.25, 0.3) is 0 Å². The monoisotopic (exact) mass is 266 g/mol. The van der Waals surface area contributed by atoms with Crippen LogP contribution in [0.3, 0.4) is 0 Å². The maximum Gasteiger partial charge on any atom is 0.331 e. The van der Waals surface area contributed by atoms with Crippen LogP contribution in [-0.2, 0) is 4.79 Å². The second-order valence-corrected chi connectivity index (χ2v) is 3.73. The zero-order valence-corrected chi connectivity index (χ0v) is 11.1. The van der Waals surface area contributed by atoms with Crippen molar-refractivity contribution in [1.82, 2.24) is 10.6 Å². The average Bonchev–Trinajstić information content (AvgIpc) is 2.43. The van der Waals surface area contributed by atoms with Crippen LogP contribution < -0.4 is 20.1 Å². The number of benzene rings is 1. The lowest BCUT2D eigenvalue weighted by Crippen LogP contribution is -2.39. The SMILES string of the molecule is CCCNC(=O)NCC(=O)Oc1ccccc1OC. The summed E-state index contributed by atoms with van der Waals surface area (Å²) in [5.74, 6) is 0.230. The first-order chi connectivity index (χ1) is 9.17. The van der Waals surface area contributed by atoms with Gasteiger partial charge in [-0.05, 0) is 18.6 Å². The van der Waals surface area contributed by atoms with Gasteiger partial charge in [0.15, 0.2) is 11.5 Å². The van der Waals surface area contributed by atoms with Crippen molar-refractivity contribution in [2.45, 2.75) is 13.3 Å². The molecular formula is C13H18N2O4. The second-order valence-electron chi connectivity index (χ2n) is 3.73. The Balaban J connectivity index is 2.41. The number of carbonyl (C=O) groups excluding carboxylic acids is 2. The first-order valence-corrected chi connectivity index (χ1v) is 6.02. The third-order valence-electron chi connectivity index (χ3n) is 2.22. The maximum absolute atomic E-state index is 11.5. The Labute approximate surface area is 112 Å². The normalized spacial score (nSPS) is 9.58. The Morgan fingerprint density at radius 1 is 1.16 bits per heavy atom. The first-order valence-electron chi connectivity index (χ1n) is 6.02. The number of ether oxygens (including phenoxy) is 2. The van der Waals surface area contributed by atoms with Crippen LogP contribution in [0, 0.1) is 0 Å². The highest BCUT2D eigenvalue weighted by atomic mass is 16.6. The molecule has 0 atom stereocenters. The summed E-state index contributed by atoms with van der Waals surface area (Å²) in [6, 6.07) is 6.41. The van der Waals surface area contributed by atoms with E-state index in [4.69, 9.17) is 9.47 Å². The van der Waals surface area contributed by atoms with Crippen molar-refractivity contribution in [3.05, 3.63) is 24.3 Å². The van der Waals surface area contributed by atoms with Gasteiger partial charge in [-0.3, -0.25) is 0 Å². The van der Waals surface area contributed by atoms with Crippen LogP contribution in [0.1, 0.15) is 13.3 Å². The number of hydrogen-bond acceptors (Lipinski definition) is 4. The number of esters is 1. The van der Waals surface area contributed by atoms with Crippen LogP contribution in [0.2, 0.25) is 0 Å². The molecule has 6 heteroatoms. The molecule has 1 aromatic rings. The highest BCUT2D eigenvalue weighted by Crippen LogP contribution is 2.25. The number of nitrogens with one attached hydrogen (secondary N) is 2. The van der Waals surface area contributed by atoms with Crippen molar-refractivity contribution in [3.63, 3.8) is 0 Å². The molecule has 0 saturated carbocycles. The van der Waals surface area contributed by atoms with Gasteiger partial charge in [0, 0.05) is 6.54 Å². The van der Waals surface area contributed by atoms with Gasteiger partial charge >= 0.3 is 12.0 Å². The molecule has 19 heavy (non-hydrogen) atoms. The highest BCUT2D eigenvalue weighted by molar-refractivity contribution is 5.82. The standard InChI is InChI=1S/C13H18N2O4/c1-3-8-14-13(17)15-9-12(16)19-11-7-5-4-6-10(11)18-2/h4-7H,3,8-9H2,1-2H3,(H2,14,15,17). The van der Waals surface area contributed by atoms with Crippen molar-refractivity contribution < 1.29 is 19.1 Å². The summed E-state index contributed by atoms with van der Waals surface area (Å²) in [6.45, 7) is 2.30. The van der Waals surface area contributed by atoms with Gasteiger partial charge in [-0.1, -0.05) is 19.1 Å². The molecule has 0 aromatic heterocycles. The molecule has 2 amide bonds. The molecule has 1 rings (SSSR count). The van der Waals surface area contributed by atoms with Crippen LogP contribution in [0.4, 0.5) is 4.79 Å². The molecular weight excluding hydrogens is 248 g/mol. The predicted molar refractivity (Wildman–Crippen MR) is 70.3 cm³/mol. The molecule has 0 bridgehead atoms. The van der Waals surface area contributed by atoms with Crippen molar-refractivity contribution in [1.29, 1.82) is 0 Å². The van der Waals surface area contributed by atoms with E-state index in [-0.39, 0.29) is 12.6 Å². The third-order valence-corrected chi connectivity index (χ3v) is 2.22. The van der Waals surface area contributed by atoms with Gasteiger partial charge < -0.3 is 20.1 Å². The number of hydrogen-bond donors (Lipinski definition) is 2. The van der Waals surface area contributed by atoms with Crippen molar-refractivity contribution >= 4 is 12.0 Å². The van der Waals surface area contributed by atoms with Gasteiger partial charge in [-0.2, -0.15) is 0 Å². The molecule has 2 N–H and O–H groups in total. The fourth-order valence-corrected chi connectivity index (χ4v) is 1.32. The molecule has 0 spiro atoms. The van der Waals surface area contributed by atoms with E-state index in [0.29, 0.717) is 18.0 Å². The summed E-state index contributed by atoms with van der Waals surface area (Å²) in [5.41, 5.74) is 0. The van der Waals surface area contributed by atoms with E-state index in [9.17, 15) is 9.59 Å². The fraction of sp³-hybridized carbons (Fsp3) is 0.385.